The van der Waals surface area contributed by atoms with Gasteiger partial charge in [0, 0.05) is 26.8 Å². The average molecular weight is 346 g/mol. The maximum atomic E-state index is 12.4. The van der Waals surface area contributed by atoms with Gasteiger partial charge >= 0.3 is 0 Å². The Bertz CT molecular complexity index is 757. The molecule has 0 fully saturated rings. The summed E-state index contributed by atoms with van der Waals surface area (Å²) in [5.74, 6) is 0.363. The van der Waals surface area contributed by atoms with E-state index in [0.29, 0.717) is 12.1 Å². The van der Waals surface area contributed by atoms with Crippen LogP contribution in [0.4, 0.5) is 0 Å². The van der Waals surface area contributed by atoms with Crippen LogP contribution < -0.4 is 14.8 Å². The molecular formula is C17H22N4O4. The average Bonchev–Trinajstić information content (AvgIpc) is 3.00. The first-order chi connectivity index (χ1) is 11.9. The molecule has 1 heterocycles. The molecule has 0 aliphatic rings. The maximum absolute atomic E-state index is 12.4. The van der Waals surface area contributed by atoms with Crippen molar-refractivity contribution in [3.8, 4) is 11.6 Å². The highest BCUT2D eigenvalue weighted by Crippen LogP contribution is 2.16. The third-order valence-electron chi connectivity index (χ3n) is 3.57. The Hall–Kier alpha value is -3.03. The molecule has 0 saturated carbocycles. The molecule has 8 nitrogen and oxygen atoms in total. The van der Waals surface area contributed by atoms with Crippen molar-refractivity contribution in [3.63, 3.8) is 0 Å². The van der Waals surface area contributed by atoms with Crippen molar-refractivity contribution in [2.24, 2.45) is 7.05 Å². The third kappa shape index (κ3) is 4.72. The Morgan fingerprint density at radius 1 is 1.28 bits per heavy atom. The summed E-state index contributed by atoms with van der Waals surface area (Å²) in [6, 6.07) is 7.41. The van der Waals surface area contributed by atoms with Crippen LogP contribution in [0.15, 0.2) is 30.5 Å². The van der Waals surface area contributed by atoms with E-state index in [9.17, 15) is 9.59 Å². The lowest BCUT2D eigenvalue weighted by Crippen LogP contribution is -2.38. The Labute approximate surface area is 146 Å². The van der Waals surface area contributed by atoms with Crippen LogP contribution in [0, 0.1) is 0 Å². The molecule has 1 aromatic carbocycles. The Balaban J connectivity index is 1.91. The number of carbonyl (C=O) groups excluding carboxylic acids is 2. The molecule has 1 N–H and O–H groups in total. The second-order valence-electron chi connectivity index (χ2n) is 5.52. The molecule has 0 unspecified atom stereocenters. The van der Waals surface area contributed by atoms with Gasteiger partial charge in [-0.1, -0.05) is 12.1 Å². The summed E-state index contributed by atoms with van der Waals surface area (Å²) >= 11 is 0. The number of aromatic nitrogens is 2. The highest BCUT2D eigenvalue weighted by atomic mass is 16.5. The van der Waals surface area contributed by atoms with E-state index >= 15 is 0 Å². The summed E-state index contributed by atoms with van der Waals surface area (Å²) in [7, 11) is 6.28. The van der Waals surface area contributed by atoms with Gasteiger partial charge in [0.1, 0.15) is 11.3 Å². The van der Waals surface area contributed by atoms with Crippen molar-refractivity contribution in [2.75, 3.05) is 27.8 Å². The standard InChI is InChI=1S/C17H22N4O4/c1-20(17(23)14-10-21(2)19-16(14)25-4)11-15(22)18-9-12-6-5-7-13(8-12)24-3/h5-8,10H,9,11H2,1-4H3,(H,18,22). The molecule has 2 aromatic rings. The first-order valence-corrected chi connectivity index (χ1v) is 7.67. The fourth-order valence-corrected chi connectivity index (χ4v) is 2.30. The number of rotatable bonds is 7. The SMILES string of the molecule is COc1cccc(CNC(=O)CN(C)C(=O)c2cn(C)nc2OC)c1. The van der Waals surface area contributed by atoms with Crippen LogP contribution in [0.5, 0.6) is 11.6 Å². The quantitative estimate of drug-likeness (QED) is 0.802. The highest BCUT2D eigenvalue weighted by Gasteiger charge is 2.21. The number of aryl methyl sites for hydroxylation is 1. The Morgan fingerprint density at radius 2 is 2.04 bits per heavy atom. The summed E-state index contributed by atoms with van der Waals surface area (Å²) in [4.78, 5) is 25.8. The molecule has 2 rings (SSSR count). The van der Waals surface area contributed by atoms with Crippen molar-refractivity contribution in [3.05, 3.63) is 41.6 Å². The molecular weight excluding hydrogens is 324 g/mol. The molecule has 1 aromatic heterocycles. The van der Waals surface area contributed by atoms with Gasteiger partial charge in [-0.2, -0.15) is 0 Å². The van der Waals surface area contributed by atoms with E-state index in [0.717, 1.165) is 11.3 Å². The van der Waals surface area contributed by atoms with E-state index in [4.69, 9.17) is 9.47 Å². The molecule has 134 valence electrons. The summed E-state index contributed by atoms with van der Waals surface area (Å²) in [6.45, 7) is 0.287. The molecule has 0 radical (unpaired) electrons. The third-order valence-corrected chi connectivity index (χ3v) is 3.57. The first-order valence-electron chi connectivity index (χ1n) is 7.67. The lowest BCUT2D eigenvalue weighted by molar-refractivity contribution is -0.121. The van der Waals surface area contributed by atoms with Gasteiger partial charge in [0.2, 0.25) is 11.8 Å². The van der Waals surface area contributed by atoms with Crippen molar-refractivity contribution in [1.82, 2.24) is 20.0 Å². The number of nitrogens with zero attached hydrogens (tertiary/aromatic N) is 3. The van der Waals surface area contributed by atoms with Gasteiger partial charge in [-0.05, 0) is 17.7 Å². The largest absolute Gasteiger partial charge is 0.497 e. The van der Waals surface area contributed by atoms with Crippen LogP contribution in [0.1, 0.15) is 15.9 Å². The van der Waals surface area contributed by atoms with E-state index in [1.807, 2.05) is 24.3 Å². The van der Waals surface area contributed by atoms with Crippen LogP contribution in [-0.4, -0.2) is 54.3 Å². The van der Waals surface area contributed by atoms with Gasteiger partial charge in [0.25, 0.3) is 5.91 Å². The summed E-state index contributed by atoms with van der Waals surface area (Å²) < 4.78 is 11.7. The van der Waals surface area contributed by atoms with Crippen molar-refractivity contribution in [2.45, 2.75) is 6.54 Å². The van der Waals surface area contributed by atoms with Crippen LogP contribution in [0.3, 0.4) is 0 Å². The van der Waals surface area contributed by atoms with Gasteiger partial charge in [-0.25, -0.2) is 0 Å². The predicted octanol–water partition coefficient (Wildman–Crippen LogP) is 0.826. The number of carbonyl (C=O) groups is 2. The topological polar surface area (TPSA) is 85.7 Å². The van der Waals surface area contributed by atoms with Gasteiger partial charge in [-0.15, -0.1) is 5.10 Å². The lowest BCUT2D eigenvalue weighted by atomic mass is 10.2. The zero-order valence-corrected chi connectivity index (χ0v) is 14.8. The second kappa shape index (κ2) is 8.18. The van der Waals surface area contributed by atoms with Crippen LogP contribution in [0.25, 0.3) is 0 Å². The molecule has 8 heteroatoms. The summed E-state index contributed by atoms with van der Waals surface area (Å²) in [6.07, 6.45) is 1.56. The van der Waals surface area contributed by atoms with Crippen molar-refractivity contribution < 1.29 is 19.1 Å². The van der Waals surface area contributed by atoms with E-state index in [-0.39, 0.29) is 24.2 Å². The van der Waals surface area contributed by atoms with Gasteiger partial charge in [0.15, 0.2) is 0 Å². The zero-order valence-electron chi connectivity index (χ0n) is 14.8. The Morgan fingerprint density at radius 3 is 2.72 bits per heavy atom. The number of benzene rings is 1. The smallest absolute Gasteiger partial charge is 0.261 e. The predicted molar refractivity (Wildman–Crippen MR) is 91.6 cm³/mol. The van der Waals surface area contributed by atoms with Crippen molar-refractivity contribution in [1.29, 1.82) is 0 Å². The van der Waals surface area contributed by atoms with Gasteiger partial charge < -0.3 is 19.7 Å². The molecule has 0 atom stereocenters. The molecule has 25 heavy (non-hydrogen) atoms. The zero-order chi connectivity index (χ0) is 18.4. The number of ether oxygens (including phenoxy) is 2. The highest BCUT2D eigenvalue weighted by molar-refractivity contribution is 5.98. The van der Waals surface area contributed by atoms with Gasteiger partial charge in [0.05, 0.1) is 20.8 Å². The minimum absolute atomic E-state index is 0.0686. The molecule has 0 aliphatic carbocycles. The maximum Gasteiger partial charge on any atom is 0.261 e. The van der Waals surface area contributed by atoms with Crippen LogP contribution >= 0.6 is 0 Å². The molecule has 0 spiro atoms. The monoisotopic (exact) mass is 346 g/mol. The number of methoxy groups -OCH3 is 2. The molecule has 2 amide bonds. The van der Waals surface area contributed by atoms with Crippen LogP contribution in [-0.2, 0) is 18.4 Å². The summed E-state index contributed by atoms with van der Waals surface area (Å²) in [5, 5.41) is 6.82. The fourth-order valence-electron chi connectivity index (χ4n) is 2.30. The van der Waals surface area contributed by atoms with Gasteiger partial charge in [-0.3, -0.25) is 14.3 Å². The fraction of sp³-hybridized carbons (Fsp3) is 0.353. The minimum atomic E-state index is -0.332. The minimum Gasteiger partial charge on any atom is -0.497 e. The number of likely N-dealkylation sites (N-methyl/N-ethyl adjacent to an activating group) is 1. The first kappa shape index (κ1) is 18.3. The van der Waals surface area contributed by atoms with E-state index < -0.39 is 0 Å². The summed E-state index contributed by atoms with van der Waals surface area (Å²) in [5.41, 5.74) is 1.23. The van der Waals surface area contributed by atoms with E-state index in [1.165, 1.54) is 16.7 Å². The van der Waals surface area contributed by atoms with E-state index in [1.54, 1.807) is 27.4 Å². The lowest BCUT2D eigenvalue weighted by Gasteiger charge is -2.16. The van der Waals surface area contributed by atoms with Crippen molar-refractivity contribution >= 4 is 11.8 Å². The molecule has 0 aliphatic heterocycles. The Kier molecular flexibility index (Phi) is 5.99. The number of amides is 2. The normalized spacial score (nSPS) is 10.2. The van der Waals surface area contributed by atoms with E-state index in [2.05, 4.69) is 10.4 Å². The number of hydrogen-bond donors (Lipinski definition) is 1. The van der Waals surface area contributed by atoms with Crippen LogP contribution in [0.2, 0.25) is 0 Å². The molecule has 0 saturated heterocycles. The molecule has 0 bridgehead atoms. The second-order valence-corrected chi connectivity index (χ2v) is 5.52. The number of nitrogens with one attached hydrogen (secondary N) is 1. The number of hydrogen-bond acceptors (Lipinski definition) is 5.